The van der Waals surface area contributed by atoms with Crippen molar-refractivity contribution >= 4 is 43.1 Å². The molecule has 2 saturated heterocycles. The summed E-state index contributed by atoms with van der Waals surface area (Å²) in [7, 11) is -5.55. The SMILES string of the molecule is CC(C)(C)C(=O)OCOP(=O)(OCOC(=O)C(C)(C)C)C(F)(F)c1cccc(/C=C/C(=O)N[C@H]2CCCC[C@H]3CC[C@@H](NNc4ccc(-c5ccccc5)cc4)N3C2=O)c1. The highest BCUT2D eigenvalue weighted by molar-refractivity contribution is 7.54. The lowest BCUT2D eigenvalue weighted by Crippen LogP contribution is -2.57. The van der Waals surface area contributed by atoms with Crippen molar-refractivity contribution in [2.24, 2.45) is 10.8 Å². The summed E-state index contributed by atoms with van der Waals surface area (Å²) in [5.41, 5.74) is 2.52. The zero-order valence-corrected chi connectivity index (χ0v) is 35.8. The largest absolute Gasteiger partial charge is 0.438 e. The normalized spacial score (nSPS) is 19.0. The number of fused-ring (bicyclic) bond motifs is 1. The lowest BCUT2D eigenvalue weighted by atomic mass is 9.98. The number of nitrogens with one attached hydrogen (secondary N) is 3. The van der Waals surface area contributed by atoms with E-state index in [-0.39, 0.29) is 23.7 Å². The summed E-state index contributed by atoms with van der Waals surface area (Å²) in [5, 5.41) is 2.81. The number of nitrogens with zero attached hydrogens (tertiary/aromatic N) is 1. The second kappa shape index (κ2) is 19.6. The number of benzene rings is 3. The second-order valence-corrected chi connectivity index (χ2v) is 19.0. The number of hydrogen-bond acceptors (Lipinski definition) is 11. The molecule has 0 unspecified atom stereocenters. The van der Waals surface area contributed by atoms with E-state index in [0.717, 1.165) is 67.1 Å². The highest BCUT2D eigenvalue weighted by Crippen LogP contribution is 2.67. The summed E-state index contributed by atoms with van der Waals surface area (Å²) in [6.45, 7) is 6.92. The molecule has 3 atom stereocenters. The van der Waals surface area contributed by atoms with Crippen molar-refractivity contribution in [2.75, 3.05) is 19.0 Å². The van der Waals surface area contributed by atoms with Crippen molar-refractivity contribution in [1.82, 2.24) is 15.6 Å². The highest BCUT2D eigenvalue weighted by atomic mass is 31.2. The van der Waals surface area contributed by atoms with Gasteiger partial charge in [0, 0.05) is 23.4 Å². The van der Waals surface area contributed by atoms with Crippen LogP contribution in [0.25, 0.3) is 17.2 Å². The van der Waals surface area contributed by atoms with Gasteiger partial charge in [0.05, 0.1) is 17.0 Å². The van der Waals surface area contributed by atoms with Gasteiger partial charge in [-0.15, -0.1) is 0 Å². The van der Waals surface area contributed by atoms with Crippen molar-refractivity contribution in [3.63, 3.8) is 0 Å². The van der Waals surface area contributed by atoms with E-state index in [1.165, 1.54) is 59.8 Å². The van der Waals surface area contributed by atoms with Crippen molar-refractivity contribution < 1.29 is 51.0 Å². The van der Waals surface area contributed by atoms with Crippen LogP contribution < -0.4 is 16.2 Å². The van der Waals surface area contributed by atoms with E-state index in [0.29, 0.717) is 6.42 Å². The molecule has 0 saturated carbocycles. The molecule has 2 fully saturated rings. The second-order valence-electron chi connectivity index (χ2n) is 16.9. The molecule has 60 heavy (non-hydrogen) atoms. The summed E-state index contributed by atoms with van der Waals surface area (Å²) in [4.78, 5) is 53.6. The number of hydrogen-bond donors (Lipinski definition) is 3. The average molecular weight is 853 g/mol. The Hall–Kier alpha value is -4.95. The van der Waals surface area contributed by atoms with Crippen LogP contribution in [0.3, 0.4) is 0 Å². The molecule has 2 aliphatic heterocycles. The predicted octanol–water partition coefficient (Wildman–Crippen LogP) is 8.73. The number of hydrazine groups is 1. The van der Waals surface area contributed by atoms with Crippen LogP contribution in [0.2, 0.25) is 0 Å². The maximum absolute atomic E-state index is 16.1. The van der Waals surface area contributed by atoms with Gasteiger partial charge in [0.2, 0.25) is 25.4 Å². The van der Waals surface area contributed by atoms with E-state index >= 15 is 8.78 Å². The minimum absolute atomic E-state index is 0.0110. The predicted molar refractivity (Wildman–Crippen MR) is 223 cm³/mol. The highest BCUT2D eigenvalue weighted by Gasteiger charge is 2.56. The van der Waals surface area contributed by atoms with Crippen LogP contribution in [0.15, 0.2) is 84.9 Å². The number of anilines is 1. The first-order valence-electron chi connectivity index (χ1n) is 20.0. The molecule has 13 nitrogen and oxygen atoms in total. The number of amides is 2. The number of ether oxygens (including phenoxy) is 2. The lowest BCUT2D eigenvalue weighted by molar-refractivity contribution is -0.163. The van der Waals surface area contributed by atoms with E-state index in [2.05, 4.69) is 16.2 Å². The maximum Gasteiger partial charge on any atom is 0.410 e. The third-order valence-corrected chi connectivity index (χ3v) is 11.9. The molecule has 324 valence electrons. The molecule has 3 aromatic rings. The molecule has 5 rings (SSSR count). The Morgan fingerprint density at radius 2 is 1.38 bits per heavy atom. The average Bonchev–Trinajstić information content (AvgIpc) is 3.61. The molecule has 0 bridgehead atoms. The topological polar surface area (TPSA) is 162 Å². The van der Waals surface area contributed by atoms with Crippen LogP contribution in [-0.2, 0) is 47.9 Å². The summed E-state index contributed by atoms with van der Waals surface area (Å²) < 4.78 is 65.8. The summed E-state index contributed by atoms with van der Waals surface area (Å²) >= 11 is 0. The summed E-state index contributed by atoms with van der Waals surface area (Å²) in [5.74, 6) is -2.44. The Labute approximate surface area is 350 Å². The van der Waals surface area contributed by atoms with Gasteiger partial charge < -0.3 is 25.1 Å². The molecule has 2 aliphatic rings. The molecule has 0 aromatic heterocycles. The fraction of sp³-hybridized carbons (Fsp3) is 0.455. The quantitative estimate of drug-likeness (QED) is 0.0441. The molecule has 16 heteroatoms. The van der Waals surface area contributed by atoms with Gasteiger partial charge in [-0.05, 0) is 108 Å². The summed E-state index contributed by atoms with van der Waals surface area (Å²) in [6.07, 6.45) is 6.53. The van der Waals surface area contributed by atoms with Gasteiger partial charge in [0.15, 0.2) is 0 Å². The first kappa shape index (κ1) is 46.1. The van der Waals surface area contributed by atoms with Crippen molar-refractivity contribution in [2.45, 2.75) is 104 Å². The minimum atomic E-state index is -5.55. The van der Waals surface area contributed by atoms with Crippen LogP contribution in [0.4, 0.5) is 14.5 Å². The Morgan fingerprint density at radius 1 is 0.783 bits per heavy atom. The molecule has 3 aromatic carbocycles. The van der Waals surface area contributed by atoms with Crippen LogP contribution in [-0.4, -0.2) is 60.5 Å². The molecule has 2 heterocycles. The Balaban J connectivity index is 1.24. The van der Waals surface area contributed by atoms with Gasteiger partial charge in [0.25, 0.3) is 0 Å². The third kappa shape index (κ3) is 11.9. The fourth-order valence-electron chi connectivity index (χ4n) is 6.66. The van der Waals surface area contributed by atoms with Gasteiger partial charge in [-0.3, -0.25) is 32.8 Å². The van der Waals surface area contributed by atoms with Gasteiger partial charge in [0.1, 0.15) is 6.04 Å². The fourth-order valence-corrected chi connectivity index (χ4v) is 7.90. The standard InChI is InChI=1S/C44H55F2N4O9P/c1-42(2,3)40(53)56-28-58-60(55,59-29-57-41(54)43(4,5)6)44(45,46)33-16-12-13-30(27-33)19-26-38(51)47-36-18-11-10-17-35-24-25-37(50(35)39(36)52)49-48-34-22-20-32(21-23-34)31-14-8-7-9-15-31/h7-9,12-16,19-23,26-27,35-37,48-49H,10-11,17-18,24-25,28-29H2,1-6H3,(H,47,51)/b26-19+/t35-,36-,37-/m0/s1. The van der Waals surface area contributed by atoms with Gasteiger partial charge >= 0.3 is 25.2 Å². The Kier molecular flexibility index (Phi) is 15.1. The molecular weight excluding hydrogens is 797 g/mol. The first-order valence-corrected chi connectivity index (χ1v) is 21.5. The van der Waals surface area contributed by atoms with Crippen LogP contribution in [0.1, 0.15) is 91.2 Å². The van der Waals surface area contributed by atoms with Crippen molar-refractivity contribution in [1.29, 1.82) is 0 Å². The number of esters is 2. The van der Waals surface area contributed by atoms with Gasteiger partial charge in [-0.2, -0.15) is 8.78 Å². The van der Waals surface area contributed by atoms with E-state index < -0.39 is 67.1 Å². The number of halogens is 2. The van der Waals surface area contributed by atoms with Crippen LogP contribution in [0, 0.1) is 10.8 Å². The molecule has 3 N–H and O–H groups in total. The van der Waals surface area contributed by atoms with Gasteiger partial charge in [-0.1, -0.05) is 73.5 Å². The zero-order chi connectivity index (χ0) is 43.7. The van der Waals surface area contributed by atoms with Crippen LogP contribution in [0.5, 0.6) is 0 Å². The first-order chi connectivity index (χ1) is 28.3. The Morgan fingerprint density at radius 3 is 2.00 bits per heavy atom. The molecule has 0 spiro atoms. The van der Waals surface area contributed by atoms with E-state index in [4.69, 9.17) is 18.5 Å². The van der Waals surface area contributed by atoms with E-state index in [1.54, 1.807) is 0 Å². The van der Waals surface area contributed by atoms with Crippen molar-refractivity contribution in [3.8, 4) is 11.1 Å². The smallest absolute Gasteiger partial charge is 0.410 e. The lowest BCUT2D eigenvalue weighted by Gasteiger charge is -2.36. The third-order valence-electron chi connectivity index (χ3n) is 10.1. The van der Waals surface area contributed by atoms with Crippen LogP contribution >= 0.6 is 7.60 Å². The maximum atomic E-state index is 16.1. The molecule has 0 aliphatic carbocycles. The number of rotatable bonds is 15. The Bertz CT molecular complexity index is 2020. The van der Waals surface area contributed by atoms with E-state index in [9.17, 15) is 23.7 Å². The number of alkyl halides is 2. The molecule has 2 amide bonds. The number of carbonyl (C=O) groups is 4. The van der Waals surface area contributed by atoms with E-state index in [1.807, 2.05) is 59.5 Å². The number of carbonyl (C=O) groups excluding carboxylic acids is 4. The summed E-state index contributed by atoms with van der Waals surface area (Å²) in [6, 6.07) is 21.9. The monoisotopic (exact) mass is 852 g/mol. The van der Waals surface area contributed by atoms with Crippen molar-refractivity contribution in [3.05, 3.63) is 96.1 Å². The molecule has 0 radical (unpaired) electrons. The molecular formula is C44H55F2N4O9P. The van der Waals surface area contributed by atoms with Gasteiger partial charge in [-0.25, -0.2) is 5.43 Å². The zero-order valence-electron chi connectivity index (χ0n) is 34.9. The minimum Gasteiger partial charge on any atom is -0.438 e.